The van der Waals surface area contributed by atoms with E-state index in [9.17, 15) is 0 Å². The second-order valence-electron chi connectivity index (χ2n) is 7.59. The highest BCUT2D eigenvalue weighted by Gasteiger charge is 2.20. The van der Waals surface area contributed by atoms with Crippen LogP contribution in [0.25, 0.3) is 44.8 Å². The molecule has 4 aromatic heterocycles. The first-order valence-electron chi connectivity index (χ1n) is 10.4. The first-order chi connectivity index (χ1) is 15.8. The van der Waals surface area contributed by atoms with Gasteiger partial charge in [-0.15, -0.1) is 0 Å². The highest BCUT2D eigenvalue weighted by molar-refractivity contribution is 5.82. The minimum atomic E-state index is -0.126. The van der Waals surface area contributed by atoms with Gasteiger partial charge in [0.15, 0.2) is 0 Å². The molecule has 0 saturated heterocycles. The van der Waals surface area contributed by atoms with Crippen molar-refractivity contribution in [1.82, 2.24) is 39.9 Å². The first kappa shape index (κ1) is 18.3. The molecule has 0 fully saturated rings. The van der Waals surface area contributed by atoms with Gasteiger partial charge in [-0.1, -0.05) is 12.2 Å². The number of aromatic amines is 4. The van der Waals surface area contributed by atoms with E-state index in [1.807, 2.05) is 61.8 Å². The van der Waals surface area contributed by atoms with Crippen molar-refractivity contribution in [3.8, 4) is 22.8 Å². The van der Waals surface area contributed by atoms with Crippen molar-refractivity contribution in [1.29, 1.82) is 0 Å². The van der Waals surface area contributed by atoms with Crippen LogP contribution in [0.15, 0.2) is 73.3 Å². The molecule has 0 spiro atoms. The van der Waals surface area contributed by atoms with Gasteiger partial charge in [-0.2, -0.15) is 0 Å². The van der Waals surface area contributed by atoms with Gasteiger partial charge in [-0.25, -0.2) is 19.9 Å². The van der Waals surface area contributed by atoms with E-state index in [0.29, 0.717) is 0 Å². The summed E-state index contributed by atoms with van der Waals surface area (Å²) in [6.45, 7) is 2.00. The Morgan fingerprint density at radius 3 is 1.72 bits per heavy atom. The summed E-state index contributed by atoms with van der Waals surface area (Å²) in [7, 11) is 0. The number of fused-ring (bicyclic) bond motifs is 2. The van der Waals surface area contributed by atoms with Gasteiger partial charge >= 0.3 is 0 Å². The predicted molar refractivity (Wildman–Crippen MR) is 124 cm³/mol. The summed E-state index contributed by atoms with van der Waals surface area (Å²) in [6, 6.07) is 12.2. The molecule has 0 saturated carbocycles. The quantitative estimate of drug-likeness (QED) is 0.296. The van der Waals surface area contributed by atoms with Crippen molar-refractivity contribution in [2.24, 2.45) is 0 Å². The highest BCUT2D eigenvalue weighted by Crippen LogP contribution is 2.29. The summed E-state index contributed by atoms with van der Waals surface area (Å²) in [5, 5.41) is 0. The van der Waals surface area contributed by atoms with E-state index in [4.69, 9.17) is 9.97 Å². The number of aromatic nitrogens is 8. The second kappa shape index (κ2) is 7.35. The summed E-state index contributed by atoms with van der Waals surface area (Å²) in [6.07, 6.45) is 11.2. The van der Waals surface area contributed by atoms with Crippen molar-refractivity contribution in [3.05, 3.63) is 85.0 Å². The Hall–Kier alpha value is -4.46. The molecule has 0 aliphatic carbocycles. The molecule has 0 unspecified atom stereocenters. The van der Waals surface area contributed by atoms with Crippen LogP contribution in [0.1, 0.15) is 24.5 Å². The standard InChI is InChI=1S/C24H20N8/c1-2-3-16(23-29-17-6-4-14(12-19(17)31-23)21-25-8-9-26-21)24-30-18-7-5-15(13-20(18)32-24)22-27-10-11-28-22/h2-13,16H,1H3,(H,25,26)(H,27,28)(H,29,31)(H,30,32). The van der Waals surface area contributed by atoms with E-state index in [1.54, 1.807) is 12.4 Å². The molecule has 8 heteroatoms. The Balaban J connectivity index is 1.41. The Kier molecular flexibility index (Phi) is 4.21. The average molecular weight is 420 g/mol. The maximum absolute atomic E-state index is 4.88. The molecule has 4 N–H and O–H groups in total. The molecule has 156 valence electrons. The molecule has 6 aromatic rings. The Morgan fingerprint density at radius 1 is 0.750 bits per heavy atom. The van der Waals surface area contributed by atoms with Gasteiger partial charge in [0, 0.05) is 35.9 Å². The fraction of sp³-hybridized carbons (Fsp3) is 0.0833. The van der Waals surface area contributed by atoms with E-state index < -0.39 is 0 Å². The van der Waals surface area contributed by atoms with E-state index in [0.717, 1.165) is 56.5 Å². The maximum Gasteiger partial charge on any atom is 0.137 e. The lowest BCUT2D eigenvalue weighted by Crippen LogP contribution is -2.02. The zero-order chi connectivity index (χ0) is 21.5. The normalized spacial score (nSPS) is 12.1. The monoisotopic (exact) mass is 420 g/mol. The van der Waals surface area contributed by atoms with Crippen LogP contribution >= 0.6 is 0 Å². The van der Waals surface area contributed by atoms with Gasteiger partial charge in [0.25, 0.3) is 0 Å². The van der Waals surface area contributed by atoms with Gasteiger partial charge in [0.2, 0.25) is 0 Å². The zero-order valence-corrected chi connectivity index (χ0v) is 17.3. The molecule has 0 amide bonds. The number of hydrogen-bond donors (Lipinski definition) is 4. The summed E-state index contributed by atoms with van der Waals surface area (Å²) in [5.74, 6) is 3.19. The molecular weight excluding hydrogens is 400 g/mol. The molecule has 32 heavy (non-hydrogen) atoms. The summed E-state index contributed by atoms with van der Waals surface area (Å²) >= 11 is 0. The van der Waals surface area contributed by atoms with Crippen LogP contribution in [0.5, 0.6) is 0 Å². The third-order valence-corrected chi connectivity index (χ3v) is 5.52. The topological polar surface area (TPSA) is 115 Å². The molecular formula is C24H20N8. The Morgan fingerprint density at radius 2 is 1.28 bits per heavy atom. The molecule has 2 aromatic carbocycles. The van der Waals surface area contributed by atoms with E-state index in [1.165, 1.54) is 0 Å². The molecule has 0 atom stereocenters. The number of rotatable bonds is 5. The number of nitrogens with zero attached hydrogens (tertiary/aromatic N) is 4. The number of hydrogen-bond acceptors (Lipinski definition) is 4. The lowest BCUT2D eigenvalue weighted by atomic mass is 10.1. The predicted octanol–water partition coefficient (Wildman–Crippen LogP) is 4.93. The van der Waals surface area contributed by atoms with Gasteiger partial charge < -0.3 is 19.9 Å². The number of imidazole rings is 4. The molecule has 4 heterocycles. The molecule has 0 aliphatic heterocycles. The molecule has 0 bridgehead atoms. The highest BCUT2D eigenvalue weighted by atomic mass is 15.0. The van der Waals surface area contributed by atoms with Crippen LogP contribution in [0.4, 0.5) is 0 Å². The van der Waals surface area contributed by atoms with Gasteiger partial charge in [-0.3, -0.25) is 0 Å². The number of nitrogens with one attached hydrogen (secondary N) is 4. The van der Waals surface area contributed by atoms with Crippen LogP contribution in [0, 0.1) is 0 Å². The Bertz CT molecular complexity index is 1420. The summed E-state index contributed by atoms with van der Waals surface area (Å²) in [4.78, 5) is 31.6. The maximum atomic E-state index is 4.88. The van der Waals surface area contributed by atoms with Crippen LogP contribution in [0.3, 0.4) is 0 Å². The lowest BCUT2D eigenvalue weighted by Gasteiger charge is -2.06. The number of H-pyrrole nitrogens is 4. The van der Waals surface area contributed by atoms with Gasteiger partial charge in [0.1, 0.15) is 23.3 Å². The summed E-state index contributed by atoms with van der Waals surface area (Å²) < 4.78 is 0. The lowest BCUT2D eigenvalue weighted by molar-refractivity contribution is 0.857. The smallest absolute Gasteiger partial charge is 0.137 e. The van der Waals surface area contributed by atoms with E-state index in [2.05, 4.69) is 36.0 Å². The van der Waals surface area contributed by atoms with Crippen molar-refractivity contribution < 1.29 is 0 Å². The van der Waals surface area contributed by atoms with E-state index >= 15 is 0 Å². The largest absolute Gasteiger partial charge is 0.345 e. The third-order valence-electron chi connectivity index (χ3n) is 5.52. The van der Waals surface area contributed by atoms with Crippen molar-refractivity contribution in [2.45, 2.75) is 12.8 Å². The molecule has 6 rings (SSSR count). The summed E-state index contributed by atoms with van der Waals surface area (Å²) in [5.41, 5.74) is 5.72. The molecule has 0 aliphatic rings. The van der Waals surface area contributed by atoms with Crippen molar-refractivity contribution in [2.75, 3.05) is 0 Å². The molecule has 8 nitrogen and oxygen atoms in total. The number of benzene rings is 2. The fourth-order valence-corrected chi connectivity index (χ4v) is 3.99. The van der Waals surface area contributed by atoms with Crippen LogP contribution in [0.2, 0.25) is 0 Å². The van der Waals surface area contributed by atoms with Crippen LogP contribution < -0.4 is 0 Å². The minimum Gasteiger partial charge on any atom is -0.345 e. The van der Waals surface area contributed by atoms with E-state index in [-0.39, 0.29) is 5.92 Å². The zero-order valence-electron chi connectivity index (χ0n) is 17.3. The van der Waals surface area contributed by atoms with Crippen LogP contribution in [-0.4, -0.2) is 39.9 Å². The minimum absolute atomic E-state index is 0.126. The second-order valence-corrected chi connectivity index (χ2v) is 7.59. The average Bonchev–Trinajstić information content (AvgIpc) is 3.62. The fourth-order valence-electron chi connectivity index (χ4n) is 3.99. The van der Waals surface area contributed by atoms with Crippen LogP contribution in [-0.2, 0) is 0 Å². The SMILES string of the molecule is CC=CC(c1nc2cc(-c3ncc[nH]3)ccc2[nH]1)c1nc2cc(-c3ncc[nH]3)ccc2[nH]1. The first-order valence-corrected chi connectivity index (χ1v) is 10.4. The van der Waals surface area contributed by atoms with Crippen molar-refractivity contribution in [3.63, 3.8) is 0 Å². The third kappa shape index (κ3) is 3.09. The number of allylic oxidation sites excluding steroid dienone is 2. The van der Waals surface area contributed by atoms with Crippen molar-refractivity contribution >= 4 is 22.1 Å². The molecule has 0 radical (unpaired) electrons. The van der Waals surface area contributed by atoms with Gasteiger partial charge in [-0.05, 0) is 43.3 Å². The Labute approximate surface area is 182 Å². The van der Waals surface area contributed by atoms with Gasteiger partial charge in [0.05, 0.1) is 28.0 Å².